The van der Waals surface area contributed by atoms with Crippen LogP contribution in [-0.4, -0.2) is 36.8 Å². The van der Waals surface area contributed by atoms with Gasteiger partial charge in [-0.3, -0.25) is 4.79 Å². The predicted molar refractivity (Wildman–Crippen MR) is 64.6 cm³/mol. The first-order chi connectivity index (χ1) is 8.24. The second-order valence-electron chi connectivity index (χ2n) is 3.63. The molecule has 1 aromatic rings. The highest BCUT2D eigenvalue weighted by molar-refractivity contribution is 5.73. The first kappa shape index (κ1) is 13.6. The van der Waals surface area contributed by atoms with E-state index in [1.165, 1.54) is 0 Å². The Balaban J connectivity index is 2.29. The number of ether oxygens (including phenoxy) is 1. The van der Waals surface area contributed by atoms with Crippen molar-refractivity contribution in [3.05, 3.63) is 35.9 Å². The van der Waals surface area contributed by atoms with Gasteiger partial charge in [-0.2, -0.15) is 0 Å². The number of hydrogen-bond donors (Lipinski definition) is 3. The van der Waals surface area contributed by atoms with Crippen LogP contribution in [0.1, 0.15) is 5.56 Å². The molecule has 0 saturated carbocycles. The number of aliphatic carboxylic acids is 1. The Hall–Kier alpha value is -1.43. The molecular formula is C12H18N2O3. The minimum absolute atomic E-state index is 0.129. The summed E-state index contributed by atoms with van der Waals surface area (Å²) in [5.74, 6) is -0.925. The normalized spacial score (nSPS) is 12.3. The highest BCUT2D eigenvalue weighted by atomic mass is 16.5. The minimum atomic E-state index is -0.925. The molecule has 0 saturated heterocycles. The molecule has 0 aliphatic rings. The molecule has 17 heavy (non-hydrogen) atoms. The Morgan fingerprint density at radius 3 is 2.71 bits per heavy atom. The Labute approximate surface area is 101 Å². The fourth-order valence-electron chi connectivity index (χ4n) is 1.34. The van der Waals surface area contributed by atoms with Gasteiger partial charge in [-0.15, -0.1) is 0 Å². The van der Waals surface area contributed by atoms with Crippen molar-refractivity contribution in [3.8, 4) is 0 Å². The van der Waals surface area contributed by atoms with Gasteiger partial charge in [0, 0.05) is 13.1 Å². The summed E-state index contributed by atoms with van der Waals surface area (Å²) in [4.78, 5) is 10.9. The molecule has 0 aromatic heterocycles. The lowest BCUT2D eigenvalue weighted by atomic mass is 10.2. The molecule has 0 spiro atoms. The van der Waals surface area contributed by atoms with Crippen molar-refractivity contribution in [2.45, 2.75) is 12.6 Å². The van der Waals surface area contributed by atoms with Crippen LogP contribution in [0.5, 0.6) is 0 Å². The van der Waals surface area contributed by atoms with Gasteiger partial charge in [0.05, 0.1) is 13.2 Å². The Morgan fingerprint density at radius 1 is 1.41 bits per heavy atom. The van der Waals surface area contributed by atoms with Crippen molar-refractivity contribution < 1.29 is 14.6 Å². The van der Waals surface area contributed by atoms with Gasteiger partial charge in [0.25, 0.3) is 0 Å². The summed E-state index contributed by atoms with van der Waals surface area (Å²) in [6.07, 6.45) is 0. The summed E-state index contributed by atoms with van der Waals surface area (Å²) >= 11 is 0. The highest BCUT2D eigenvalue weighted by Crippen LogP contribution is 2.01. The zero-order valence-corrected chi connectivity index (χ0v) is 9.63. The zero-order chi connectivity index (χ0) is 12.5. The smallest absolute Gasteiger partial charge is 0.323 e. The number of nitrogens with one attached hydrogen (secondary N) is 1. The second-order valence-corrected chi connectivity index (χ2v) is 3.63. The van der Waals surface area contributed by atoms with E-state index < -0.39 is 12.0 Å². The van der Waals surface area contributed by atoms with Gasteiger partial charge < -0.3 is 20.9 Å². The Bertz CT molecular complexity index is 330. The molecule has 0 aliphatic heterocycles. The minimum Gasteiger partial charge on any atom is -0.480 e. The lowest BCUT2D eigenvalue weighted by Crippen LogP contribution is -2.42. The van der Waals surface area contributed by atoms with Gasteiger partial charge in [-0.05, 0) is 5.56 Å². The summed E-state index contributed by atoms with van der Waals surface area (Å²) in [5.41, 5.74) is 6.32. The molecule has 4 N–H and O–H groups in total. The molecule has 0 aliphatic carbocycles. The number of carboxylic acid groups (broad SMARTS) is 1. The third-order valence-corrected chi connectivity index (χ3v) is 2.23. The SMILES string of the molecule is NCCN[C@@H](COCc1ccccc1)C(=O)O. The van der Waals surface area contributed by atoms with E-state index in [1.807, 2.05) is 30.3 Å². The standard InChI is InChI=1S/C12H18N2O3/c13-6-7-14-11(12(15)16)9-17-8-10-4-2-1-3-5-10/h1-5,11,14H,6-9,13H2,(H,15,16)/t11-/m0/s1. The van der Waals surface area contributed by atoms with Crippen LogP contribution in [0, 0.1) is 0 Å². The van der Waals surface area contributed by atoms with Crippen LogP contribution in [0.4, 0.5) is 0 Å². The van der Waals surface area contributed by atoms with E-state index in [2.05, 4.69) is 5.32 Å². The molecule has 5 heteroatoms. The molecule has 0 radical (unpaired) electrons. The highest BCUT2D eigenvalue weighted by Gasteiger charge is 2.15. The summed E-state index contributed by atoms with van der Waals surface area (Å²) in [7, 11) is 0. The van der Waals surface area contributed by atoms with Gasteiger partial charge in [-0.1, -0.05) is 30.3 Å². The largest absolute Gasteiger partial charge is 0.480 e. The van der Waals surface area contributed by atoms with Gasteiger partial charge in [-0.25, -0.2) is 0 Å². The summed E-state index contributed by atoms with van der Waals surface area (Å²) in [5, 5.41) is 11.7. The average molecular weight is 238 g/mol. The third kappa shape index (κ3) is 5.44. The van der Waals surface area contributed by atoms with Crippen molar-refractivity contribution in [3.63, 3.8) is 0 Å². The molecule has 0 heterocycles. The molecule has 1 rings (SSSR count). The monoisotopic (exact) mass is 238 g/mol. The molecule has 1 atom stereocenters. The van der Waals surface area contributed by atoms with E-state index in [1.54, 1.807) is 0 Å². The third-order valence-electron chi connectivity index (χ3n) is 2.23. The van der Waals surface area contributed by atoms with E-state index in [0.717, 1.165) is 5.56 Å². The van der Waals surface area contributed by atoms with Crippen LogP contribution < -0.4 is 11.1 Å². The van der Waals surface area contributed by atoms with Crippen LogP contribution >= 0.6 is 0 Å². The fraction of sp³-hybridized carbons (Fsp3) is 0.417. The number of carboxylic acids is 1. The van der Waals surface area contributed by atoms with Gasteiger partial charge in [0.2, 0.25) is 0 Å². The van der Waals surface area contributed by atoms with Gasteiger partial charge in [0.1, 0.15) is 6.04 Å². The summed E-state index contributed by atoms with van der Waals surface area (Å²) in [6.45, 7) is 1.41. The summed E-state index contributed by atoms with van der Waals surface area (Å²) in [6, 6.07) is 8.92. The maximum absolute atomic E-state index is 10.9. The number of benzene rings is 1. The number of rotatable bonds is 8. The number of carbonyl (C=O) groups is 1. The molecule has 0 bridgehead atoms. The maximum atomic E-state index is 10.9. The molecular weight excluding hydrogens is 220 g/mol. The van der Waals surface area contributed by atoms with Crippen LogP contribution in [0.25, 0.3) is 0 Å². The lowest BCUT2D eigenvalue weighted by Gasteiger charge is -2.14. The molecule has 5 nitrogen and oxygen atoms in total. The summed E-state index contributed by atoms with van der Waals surface area (Å²) < 4.78 is 5.36. The van der Waals surface area contributed by atoms with Crippen molar-refractivity contribution in [2.75, 3.05) is 19.7 Å². The molecule has 1 aromatic carbocycles. The van der Waals surface area contributed by atoms with E-state index >= 15 is 0 Å². The Kier molecular flexibility index (Phi) is 6.24. The van der Waals surface area contributed by atoms with Crippen molar-refractivity contribution in [1.82, 2.24) is 5.32 Å². The van der Waals surface area contributed by atoms with Gasteiger partial charge in [0.15, 0.2) is 0 Å². The van der Waals surface area contributed by atoms with Crippen LogP contribution in [0.3, 0.4) is 0 Å². The Morgan fingerprint density at radius 2 is 2.12 bits per heavy atom. The van der Waals surface area contributed by atoms with E-state index in [0.29, 0.717) is 19.7 Å². The second kappa shape index (κ2) is 7.78. The zero-order valence-electron chi connectivity index (χ0n) is 9.63. The van der Waals surface area contributed by atoms with Crippen LogP contribution in [0.2, 0.25) is 0 Å². The average Bonchev–Trinajstić information content (AvgIpc) is 2.34. The molecule has 94 valence electrons. The number of hydrogen-bond acceptors (Lipinski definition) is 4. The van der Waals surface area contributed by atoms with Crippen molar-refractivity contribution in [1.29, 1.82) is 0 Å². The first-order valence-electron chi connectivity index (χ1n) is 5.52. The van der Waals surface area contributed by atoms with E-state index in [-0.39, 0.29) is 6.61 Å². The van der Waals surface area contributed by atoms with Gasteiger partial charge >= 0.3 is 5.97 Å². The van der Waals surface area contributed by atoms with Crippen molar-refractivity contribution >= 4 is 5.97 Å². The maximum Gasteiger partial charge on any atom is 0.323 e. The molecule has 0 amide bonds. The first-order valence-corrected chi connectivity index (χ1v) is 5.52. The van der Waals surface area contributed by atoms with Crippen molar-refractivity contribution in [2.24, 2.45) is 5.73 Å². The van der Waals surface area contributed by atoms with Crippen LogP contribution in [0.15, 0.2) is 30.3 Å². The molecule has 0 unspecified atom stereocenters. The lowest BCUT2D eigenvalue weighted by molar-refractivity contribution is -0.141. The molecule has 0 fully saturated rings. The van der Waals surface area contributed by atoms with E-state index in [4.69, 9.17) is 15.6 Å². The topological polar surface area (TPSA) is 84.6 Å². The number of nitrogens with two attached hydrogens (primary N) is 1. The quantitative estimate of drug-likeness (QED) is 0.602. The predicted octanol–water partition coefficient (Wildman–Crippen LogP) is 0.205. The fourth-order valence-corrected chi connectivity index (χ4v) is 1.34. The van der Waals surface area contributed by atoms with Crippen LogP contribution in [-0.2, 0) is 16.1 Å². The van der Waals surface area contributed by atoms with E-state index in [9.17, 15) is 4.79 Å².